The number of esters is 1. The summed E-state index contributed by atoms with van der Waals surface area (Å²) in [6.45, 7) is 3.40. The number of benzene rings is 1. The Morgan fingerprint density at radius 2 is 1.75 bits per heavy atom. The normalized spacial score (nSPS) is 23.8. The molecule has 0 bridgehead atoms. The van der Waals surface area contributed by atoms with Crippen LogP contribution in [0.25, 0.3) is 0 Å². The van der Waals surface area contributed by atoms with E-state index in [2.05, 4.69) is 0 Å². The molecule has 1 aromatic rings. The van der Waals surface area contributed by atoms with E-state index < -0.39 is 30.4 Å². The highest BCUT2D eigenvalue weighted by molar-refractivity contribution is 6.55. The van der Waals surface area contributed by atoms with Crippen molar-refractivity contribution in [2.45, 2.75) is 13.8 Å². The minimum absolute atomic E-state index is 0.101. The topological polar surface area (TPSA) is 63.7 Å². The molecule has 2 amide bonds. The van der Waals surface area contributed by atoms with Gasteiger partial charge in [-0.2, -0.15) is 0 Å². The monoisotopic (exact) mass is 367 g/mol. The molecule has 2 unspecified atom stereocenters. The lowest BCUT2D eigenvalue weighted by molar-refractivity contribution is -0.148. The highest BCUT2D eigenvalue weighted by Gasteiger charge is 2.61. The van der Waals surface area contributed by atoms with Crippen molar-refractivity contribution in [1.82, 2.24) is 4.90 Å². The van der Waals surface area contributed by atoms with Crippen LogP contribution < -0.4 is 0 Å². The van der Waals surface area contributed by atoms with Crippen LogP contribution in [0.2, 0.25) is 0 Å². The lowest BCUT2D eigenvalue weighted by atomic mass is 10.1. The summed E-state index contributed by atoms with van der Waals surface area (Å²) >= 11 is 11.3. The van der Waals surface area contributed by atoms with Gasteiger partial charge in [0, 0.05) is 0 Å². The van der Waals surface area contributed by atoms with Crippen LogP contribution in [0.5, 0.6) is 0 Å². The number of hydrogen-bond acceptors (Lipinski definition) is 4. The molecule has 24 heavy (non-hydrogen) atoms. The Balaban J connectivity index is 1.66. The second-order valence-electron chi connectivity index (χ2n) is 6.46. The maximum atomic E-state index is 12.3. The van der Waals surface area contributed by atoms with Gasteiger partial charge in [-0.3, -0.25) is 14.4 Å². The summed E-state index contributed by atoms with van der Waals surface area (Å²) in [5.74, 6) is -1.93. The summed E-state index contributed by atoms with van der Waals surface area (Å²) in [6.07, 6.45) is 1.61. The second-order valence-corrected chi connectivity index (χ2v) is 7.47. The van der Waals surface area contributed by atoms with Crippen molar-refractivity contribution in [3.05, 3.63) is 46.0 Å². The molecular weight excluding hydrogens is 353 g/mol. The Kier molecular flexibility index (Phi) is 4.18. The largest absolute Gasteiger partial charge is 0.443 e. The molecule has 126 valence electrons. The minimum Gasteiger partial charge on any atom is -0.443 e. The van der Waals surface area contributed by atoms with Gasteiger partial charge in [0.15, 0.2) is 6.73 Å². The van der Waals surface area contributed by atoms with Crippen molar-refractivity contribution in [3.8, 4) is 0 Å². The van der Waals surface area contributed by atoms with Crippen molar-refractivity contribution in [1.29, 1.82) is 0 Å². The van der Waals surface area contributed by atoms with Gasteiger partial charge < -0.3 is 4.74 Å². The number of carbonyl (C=O) groups excluding carboxylic acids is 3. The predicted octanol–water partition coefficient (Wildman–Crippen LogP) is 3.37. The van der Waals surface area contributed by atoms with E-state index in [0.29, 0.717) is 11.1 Å². The smallest absolute Gasteiger partial charge is 0.311 e. The highest BCUT2D eigenvalue weighted by Crippen LogP contribution is 2.60. The first-order valence-corrected chi connectivity index (χ1v) is 8.15. The molecule has 0 N–H and O–H groups in total. The van der Waals surface area contributed by atoms with E-state index in [1.807, 2.05) is 13.8 Å². The summed E-state index contributed by atoms with van der Waals surface area (Å²) in [5, 5.41) is 0. The maximum Gasteiger partial charge on any atom is 0.311 e. The van der Waals surface area contributed by atoms with Gasteiger partial charge >= 0.3 is 5.97 Å². The van der Waals surface area contributed by atoms with Gasteiger partial charge in [0.2, 0.25) is 0 Å². The fourth-order valence-electron chi connectivity index (χ4n) is 3.15. The molecule has 1 aromatic carbocycles. The average Bonchev–Trinajstić information content (AvgIpc) is 2.96. The van der Waals surface area contributed by atoms with E-state index in [1.54, 1.807) is 30.3 Å². The van der Waals surface area contributed by atoms with Crippen LogP contribution in [-0.2, 0) is 9.53 Å². The molecule has 0 aromatic heterocycles. The van der Waals surface area contributed by atoms with Gasteiger partial charge in [-0.05, 0) is 29.5 Å². The number of amides is 2. The van der Waals surface area contributed by atoms with Gasteiger partial charge in [-0.25, -0.2) is 4.90 Å². The average molecular weight is 368 g/mol. The number of carbonyl (C=O) groups is 3. The molecule has 1 saturated carbocycles. The first kappa shape index (κ1) is 17.0. The molecule has 2 atom stereocenters. The Labute approximate surface area is 149 Å². The third-order valence-electron chi connectivity index (χ3n) is 4.68. The number of rotatable bonds is 4. The Morgan fingerprint density at radius 3 is 2.25 bits per heavy atom. The Bertz CT molecular complexity index is 733. The minimum atomic E-state index is -0.479. The fourth-order valence-corrected chi connectivity index (χ4v) is 3.42. The van der Waals surface area contributed by atoms with Crippen molar-refractivity contribution < 1.29 is 19.1 Å². The molecule has 5 nitrogen and oxygen atoms in total. The third-order valence-corrected chi connectivity index (χ3v) is 4.94. The number of halogens is 2. The van der Waals surface area contributed by atoms with Gasteiger partial charge in [0.1, 0.15) is 4.49 Å². The molecule has 1 heterocycles. The molecular formula is C17H15Cl2NO4. The van der Waals surface area contributed by atoms with Gasteiger partial charge in [-0.1, -0.05) is 49.2 Å². The van der Waals surface area contributed by atoms with Gasteiger partial charge in [0.25, 0.3) is 11.8 Å². The van der Waals surface area contributed by atoms with E-state index in [1.165, 1.54) is 0 Å². The summed E-state index contributed by atoms with van der Waals surface area (Å²) in [5.41, 5.74) is 0.314. The van der Waals surface area contributed by atoms with Crippen LogP contribution >= 0.6 is 23.2 Å². The molecule has 1 aliphatic carbocycles. The third kappa shape index (κ3) is 2.72. The van der Waals surface area contributed by atoms with E-state index in [0.717, 1.165) is 4.90 Å². The summed E-state index contributed by atoms with van der Waals surface area (Å²) in [4.78, 5) is 37.6. The van der Waals surface area contributed by atoms with E-state index in [4.69, 9.17) is 27.9 Å². The highest BCUT2D eigenvalue weighted by atomic mass is 35.5. The second kappa shape index (κ2) is 5.90. The lowest BCUT2D eigenvalue weighted by Crippen LogP contribution is -2.33. The van der Waals surface area contributed by atoms with Crippen LogP contribution in [-0.4, -0.2) is 29.4 Å². The van der Waals surface area contributed by atoms with Crippen LogP contribution in [0, 0.1) is 17.3 Å². The van der Waals surface area contributed by atoms with Crippen LogP contribution in [0.1, 0.15) is 34.6 Å². The molecule has 0 saturated heterocycles. The Morgan fingerprint density at radius 1 is 1.21 bits per heavy atom. The van der Waals surface area contributed by atoms with E-state index in [9.17, 15) is 14.4 Å². The maximum absolute atomic E-state index is 12.3. The lowest BCUT2D eigenvalue weighted by Gasteiger charge is -2.14. The SMILES string of the molecule is CC1(C)C(C=C(Cl)Cl)C1C(=O)OCN1C(=O)c2ccccc2C1=O. The van der Waals surface area contributed by atoms with E-state index in [-0.39, 0.29) is 15.8 Å². The molecule has 3 rings (SSSR count). The number of hydrogen-bond donors (Lipinski definition) is 0. The first-order chi connectivity index (χ1) is 11.2. The number of imide groups is 1. The van der Waals surface area contributed by atoms with Crippen LogP contribution in [0.3, 0.4) is 0 Å². The first-order valence-electron chi connectivity index (χ1n) is 7.40. The predicted molar refractivity (Wildman–Crippen MR) is 88.5 cm³/mol. The van der Waals surface area contributed by atoms with Gasteiger partial charge in [-0.15, -0.1) is 0 Å². The summed E-state index contributed by atoms with van der Waals surface area (Å²) in [7, 11) is 0. The number of fused-ring (bicyclic) bond motifs is 1. The molecule has 2 aliphatic rings. The van der Waals surface area contributed by atoms with Crippen molar-refractivity contribution in [3.63, 3.8) is 0 Å². The van der Waals surface area contributed by atoms with E-state index >= 15 is 0 Å². The molecule has 0 radical (unpaired) electrons. The van der Waals surface area contributed by atoms with Crippen molar-refractivity contribution in [2.75, 3.05) is 6.73 Å². The zero-order valence-electron chi connectivity index (χ0n) is 13.1. The molecule has 0 spiro atoms. The zero-order valence-corrected chi connectivity index (χ0v) is 14.6. The molecule has 1 aliphatic heterocycles. The summed E-state index contributed by atoms with van der Waals surface area (Å²) in [6, 6.07) is 6.51. The zero-order chi connectivity index (χ0) is 17.6. The fraction of sp³-hybridized carbons (Fsp3) is 0.353. The summed E-state index contributed by atoms with van der Waals surface area (Å²) < 4.78 is 5.30. The van der Waals surface area contributed by atoms with Crippen LogP contribution in [0.15, 0.2) is 34.8 Å². The number of nitrogens with zero attached hydrogens (tertiary/aromatic N) is 1. The number of ether oxygens (including phenoxy) is 1. The molecule has 1 fully saturated rings. The van der Waals surface area contributed by atoms with Crippen molar-refractivity contribution in [2.24, 2.45) is 17.3 Å². The molecule has 7 heteroatoms. The van der Waals surface area contributed by atoms with Gasteiger partial charge in [0.05, 0.1) is 17.0 Å². The standard InChI is InChI=1S/C17H15Cl2NO4/c1-17(2)11(7-12(18)19)13(17)16(23)24-8-20-14(21)9-5-3-4-6-10(9)15(20)22/h3-7,11,13H,8H2,1-2H3. The number of allylic oxidation sites excluding steroid dienone is 1. The Hall–Kier alpha value is -1.85. The van der Waals surface area contributed by atoms with Crippen LogP contribution in [0.4, 0.5) is 0 Å². The quantitative estimate of drug-likeness (QED) is 0.604. The van der Waals surface area contributed by atoms with Crippen molar-refractivity contribution >= 4 is 41.0 Å².